The number of hydrogen-bond donors (Lipinski definition) is 1. The third kappa shape index (κ3) is 4.14. The second-order valence-corrected chi connectivity index (χ2v) is 5.57. The molecule has 1 aromatic heterocycles. The summed E-state index contributed by atoms with van der Waals surface area (Å²) in [5.41, 5.74) is 0.984. The number of nitrogens with one attached hydrogen (secondary N) is 1. The summed E-state index contributed by atoms with van der Waals surface area (Å²) in [5, 5.41) is 3.36. The molecule has 2 heterocycles. The zero-order chi connectivity index (χ0) is 13.8. The predicted molar refractivity (Wildman–Crippen MR) is 76.2 cm³/mol. The summed E-state index contributed by atoms with van der Waals surface area (Å²) in [6, 6.07) is 0.453. The molecule has 1 aromatic rings. The molecule has 1 fully saturated rings. The van der Waals surface area contributed by atoms with E-state index < -0.39 is 0 Å². The van der Waals surface area contributed by atoms with Crippen molar-refractivity contribution in [2.75, 3.05) is 18.0 Å². The zero-order valence-electron chi connectivity index (χ0n) is 12.3. The number of aromatic nitrogens is 2. The van der Waals surface area contributed by atoms with Gasteiger partial charge in [0.25, 0.3) is 0 Å². The fourth-order valence-electron chi connectivity index (χ4n) is 2.31. The first kappa shape index (κ1) is 14.2. The van der Waals surface area contributed by atoms with Crippen LogP contribution in [0.1, 0.15) is 33.4 Å². The summed E-state index contributed by atoms with van der Waals surface area (Å²) in [5.74, 6) is 0.949. The number of ether oxygens (including phenoxy) is 1. The van der Waals surface area contributed by atoms with Crippen LogP contribution in [-0.2, 0) is 11.3 Å². The monoisotopic (exact) mass is 264 g/mol. The largest absolute Gasteiger partial charge is 0.372 e. The molecule has 1 aliphatic heterocycles. The lowest BCUT2D eigenvalue weighted by Gasteiger charge is -2.36. The number of rotatable bonds is 4. The van der Waals surface area contributed by atoms with E-state index in [0.29, 0.717) is 6.04 Å². The molecule has 19 heavy (non-hydrogen) atoms. The molecule has 1 saturated heterocycles. The third-order valence-electron chi connectivity index (χ3n) is 3.11. The van der Waals surface area contributed by atoms with E-state index in [1.165, 1.54) is 0 Å². The van der Waals surface area contributed by atoms with Gasteiger partial charge in [-0.1, -0.05) is 13.8 Å². The van der Waals surface area contributed by atoms with Crippen molar-refractivity contribution >= 4 is 5.82 Å². The maximum atomic E-state index is 5.74. The van der Waals surface area contributed by atoms with Gasteiger partial charge in [-0.25, -0.2) is 4.98 Å². The number of anilines is 1. The van der Waals surface area contributed by atoms with E-state index in [0.717, 1.165) is 31.1 Å². The molecule has 0 aliphatic carbocycles. The van der Waals surface area contributed by atoms with E-state index in [9.17, 15) is 0 Å². The van der Waals surface area contributed by atoms with Gasteiger partial charge in [-0.15, -0.1) is 0 Å². The normalized spacial score (nSPS) is 23.9. The molecule has 2 rings (SSSR count). The Hall–Kier alpha value is -1.20. The molecular formula is C14H24N4O. The van der Waals surface area contributed by atoms with Crippen LogP contribution in [0, 0.1) is 0 Å². The highest BCUT2D eigenvalue weighted by atomic mass is 16.5. The van der Waals surface area contributed by atoms with Gasteiger partial charge in [0.15, 0.2) is 0 Å². The molecule has 5 nitrogen and oxygen atoms in total. The van der Waals surface area contributed by atoms with E-state index in [-0.39, 0.29) is 12.2 Å². The first-order valence-electron chi connectivity index (χ1n) is 6.99. The van der Waals surface area contributed by atoms with Crippen molar-refractivity contribution in [1.82, 2.24) is 15.3 Å². The standard InChI is InChI=1S/C14H24N4O/c1-10(2)16-6-13-5-15-7-14(17-13)18-8-11(3)19-12(4)9-18/h5,7,10-12,16H,6,8-9H2,1-4H3/t11-,12+. The summed E-state index contributed by atoms with van der Waals surface area (Å²) in [7, 11) is 0. The smallest absolute Gasteiger partial charge is 0.147 e. The molecule has 1 aliphatic rings. The lowest BCUT2D eigenvalue weighted by atomic mass is 10.2. The van der Waals surface area contributed by atoms with E-state index in [4.69, 9.17) is 4.74 Å². The summed E-state index contributed by atoms with van der Waals surface area (Å²) < 4.78 is 5.74. The van der Waals surface area contributed by atoms with E-state index >= 15 is 0 Å². The van der Waals surface area contributed by atoms with Gasteiger partial charge in [0.05, 0.1) is 24.1 Å². The fourth-order valence-corrected chi connectivity index (χ4v) is 2.31. The first-order valence-corrected chi connectivity index (χ1v) is 6.99. The Balaban J connectivity index is 2.05. The highest BCUT2D eigenvalue weighted by Crippen LogP contribution is 2.17. The second kappa shape index (κ2) is 6.30. The summed E-state index contributed by atoms with van der Waals surface area (Å²) in [6.07, 6.45) is 4.14. The SMILES string of the molecule is CC(C)NCc1cncc(N2C[C@@H](C)O[C@@H](C)C2)n1. The van der Waals surface area contributed by atoms with Crippen molar-refractivity contribution in [1.29, 1.82) is 0 Å². The van der Waals surface area contributed by atoms with Crippen molar-refractivity contribution in [2.45, 2.75) is 52.5 Å². The lowest BCUT2D eigenvalue weighted by Crippen LogP contribution is -2.46. The van der Waals surface area contributed by atoms with Gasteiger partial charge in [-0.3, -0.25) is 4.98 Å². The highest BCUT2D eigenvalue weighted by Gasteiger charge is 2.23. The second-order valence-electron chi connectivity index (χ2n) is 5.57. The molecule has 5 heteroatoms. The minimum absolute atomic E-state index is 0.239. The summed E-state index contributed by atoms with van der Waals surface area (Å²) in [4.78, 5) is 11.2. The number of nitrogens with zero attached hydrogens (tertiary/aromatic N) is 3. The molecular weight excluding hydrogens is 240 g/mol. The third-order valence-corrected chi connectivity index (χ3v) is 3.11. The van der Waals surface area contributed by atoms with Crippen molar-refractivity contribution < 1.29 is 4.74 Å². The highest BCUT2D eigenvalue weighted by molar-refractivity contribution is 5.37. The van der Waals surface area contributed by atoms with Crippen LogP contribution < -0.4 is 10.2 Å². The van der Waals surface area contributed by atoms with E-state index in [2.05, 4.69) is 47.9 Å². The van der Waals surface area contributed by atoms with Gasteiger partial charge in [0.2, 0.25) is 0 Å². The zero-order valence-corrected chi connectivity index (χ0v) is 12.3. The Bertz CT molecular complexity index is 400. The number of hydrogen-bond acceptors (Lipinski definition) is 5. The molecule has 0 bridgehead atoms. The van der Waals surface area contributed by atoms with Gasteiger partial charge < -0.3 is 15.0 Å². The van der Waals surface area contributed by atoms with Crippen LogP contribution >= 0.6 is 0 Å². The van der Waals surface area contributed by atoms with Gasteiger partial charge in [-0.2, -0.15) is 0 Å². The minimum atomic E-state index is 0.239. The molecule has 0 spiro atoms. The van der Waals surface area contributed by atoms with E-state index in [1.807, 2.05) is 12.4 Å². The van der Waals surface area contributed by atoms with E-state index in [1.54, 1.807) is 0 Å². The van der Waals surface area contributed by atoms with Crippen molar-refractivity contribution in [2.24, 2.45) is 0 Å². The van der Waals surface area contributed by atoms with Crippen LogP contribution in [0.2, 0.25) is 0 Å². The lowest BCUT2D eigenvalue weighted by molar-refractivity contribution is -0.00549. The van der Waals surface area contributed by atoms with Gasteiger partial charge in [-0.05, 0) is 13.8 Å². The quantitative estimate of drug-likeness (QED) is 0.895. The molecule has 0 saturated carbocycles. The molecule has 1 N–H and O–H groups in total. The maximum absolute atomic E-state index is 5.74. The number of morpholine rings is 1. The summed E-state index contributed by atoms with van der Waals surface area (Å²) in [6.45, 7) is 11.0. The van der Waals surface area contributed by atoms with Crippen LogP contribution in [0.3, 0.4) is 0 Å². The first-order chi connectivity index (χ1) is 9.04. The molecule has 0 unspecified atom stereocenters. The minimum Gasteiger partial charge on any atom is -0.372 e. The topological polar surface area (TPSA) is 50.3 Å². The average molecular weight is 264 g/mol. The molecule has 2 atom stereocenters. The van der Waals surface area contributed by atoms with Crippen molar-refractivity contribution in [3.8, 4) is 0 Å². The Morgan fingerprint density at radius 2 is 2.00 bits per heavy atom. The van der Waals surface area contributed by atoms with Crippen molar-refractivity contribution in [3.63, 3.8) is 0 Å². The predicted octanol–water partition coefficient (Wildman–Crippen LogP) is 1.59. The van der Waals surface area contributed by atoms with Crippen molar-refractivity contribution in [3.05, 3.63) is 18.1 Å². The molecule has 0 radical (unpaired) electrons. The van der Waals surface area contributed by atoms with Crippen LogP contribution in [0.4, 0.5) is 5.82 Å². The summed E-state index contributed by atoms with van der Waals surface area (Å²) >= 11 is 0. The van der Waals surface area contributed by atoms with Crippen LogP contribution in [0.25, 0.3) is 0 Å². The van der Waals surface area contributed by atoms with Gasteiger partial charge in [0.1, 0.15) is 5.82 Å². The van der Waals surface area contributed by atoms with Crippen LogP contribution in [0.5, 0.6) is 0 Å². The Morgan fingerprint density at radius 1 is 1.32 bits per heavy atom. The van der Waals surface area contributed by atoms with Gasteiger partial charge in [0, 0.05) is 31.9 Å². The molecule has 0 aromatic carbocycles. The van der Waals surface area contributed by atoms with Crippen LogP contribution in [-0.4, -0.2) is 41.3 Å². The Kier molecular flexibility index (Phi) is 4.71. The Morgan fingerprint density at radius 3 is 2.63 bits per heavy atom. The average Bonchev–Trinajstić information content (AvgIpc) is 2.35. The maximum Gasteiger partial charge on any atom is 0.147 e. The molecule has 106 valence electrons. The Labute approximate surface area is 115 Å². The van der Waals surface area contributed by atoms with Crippen LogP contribution in [0.15, 0.2) is 12.4 Å². The molecule has 0 amide bonds. The van der Waals surface area contributed by atoms with Gasteiger partial charge >= 0.3 is 0 Å². The fraction of sp³-hybridized carbons (Fsp3) is 0.714.